The van der Waals surface area contributed by atoms with Gasteiger partial charge in [0.15, 0.2) is 11.2 Å². The molecule has 0 bridgehead atoms. The molecular weight excluding hydrogens is 513 g/mol. The number of terminal acetylenes is 1. The van der Waals surface area contributed by atoms with E-state index in [1.807, 2.05) is 18.2 Å². The standard InChI is InChI=1S/C21H23N4O7P.2Na.H2O/c1-4-11-25-20(26)18-19(24(21(25)27)12-6-13-32-33(28,29)30)22-17(23(18)2)10-9-15-7-5-8-16(14-15)31-3;;;/h1,5,7-10,14H,6,11-13H2,2-3H3,(H2,28,29,30);;;1H2/q;2*+1;/p-2/b10-9+;;;. The van der Waals surface area contributed by atoms with Gasteiger partial charge in [0.1, 0.15) is 11.6 Å². The minimum atomic E-state index is -5.13. The molecule has 0 saturated heterocycles. The molecule has 0 atom stereocenters. The molecule has 0 amide bonds. The zero-order chi connectivity index (χ0) is 24.2. The van der Waals surface area contributed by atoms with Crippen LogP contribution in [-0.2, 0) is 29.2 Å². The largest absolute Gasteiger partial charge is 1.00 e. The summed E-state index contributed by atoms with van der Waals surface area (Å²) in [5, 5.41) is 0. The summed E-state index contributed by atoms with van der Waals surface area (Å²) in [6, 6.07) is 7.32. The quantitative estimate of drug-likeness (QED) is 0.112. The summed E-state index contributed by atoms with van der Waals surface area (Å²) in [6.07, 6.45) is 8.80. The maximum atomic E-state index is 13.0. The Bertz CT molecular complexity index is 1420. The molecule has 15 heteroatoms. The van der Waals surface area contributed by atoms with E-state index in [-0.39, 0.29) is 95.3 Å². The van der Waals surface area contributed by atoms with Crippen molar-refractivity contribution in [2.45, 2.75) is 19.5 Å². The second kappa shape index (κ2) is 15.1. The number of ether oxygens (including phenoxy) is 1. The summed E-state index contributed by atoms with van der Waals surface area (Å²) >= 11 is 0. The molecule has 12 nitrogen and oxygen atoms in total. The number of imidazole rings is 1. The normalized spacial score (nSPS) is 10.9. The fourth-order valence-corrected chi connectivity index (χ4v) is 3.63. The maximum Gasteiger partial charge on any atom is 1.00 e. The summed E-state index contributed by atoms with van der Waals surface area (Å²) in [4.78, 5) is 51.6. The molecule has 2 aromatic heterocycles. The van der Waals surface area contributed by atoms with Crippen LogP contribution in [0.2, 0.25) is 0 Å². The molecular formula is C21H23N4Na2O8P. The number of rotatable bonds is 9. The van der Waals surface area contributed by atoms with Gasteiger partial charge in [-0.05, 0) is 30.2 Å². The number of fused-ring (bicyclic) bond motifs is 1. The average Bonchev–Trinajstić information content (AvgIpc) is 3.10. The van der Waals surface area contributed by atoms with E-state index < -0.39 is 25.7 Å². The molecule has 3 aromatic rings. The second-order valence-electron chi connectivity index (χ2n) is 6.97. The Labute approximate surface area is 251 Å². The van der Waals surface area contributed by atoms with E-state index in [9.17, 15) is 23.9 Å². The fourth-order valence-electron chi connectivity index (χ4n) is 3.28. The van der Waals surface area contributed by atoms with Gasteiger partial charge in [0.25, 0.3) is 5.56 Å². The first-order valence-electron chi connectivity index (χ1n) is 9.78. The third-order valence-electron chi connectivity index (χ3n) is 4.82. The van der Waals surface area contributed by atoms with Crippen LogP contribution in [0.5, 0.6) is 5.75 Å². The van der Waals surface area contributed by atoms with Gasteiger partial charge in [0, 0.05) is 13.6 Å². The molecule has 0 aliphatic carbocycles. The maximum absolute atomic E-state index is 13.0. The summed E-state index contributed by atoms with van der Waals surface area (Å²) in [6.45, 7) is -0.710. The van der Waals surface area contributed by atoms with Gasteiger partial charge >= 0.3 is 64.8 Å². The van der Waals surface area contributed by atoms with Crippen molar-refractivity contribution in [3.63, 3.8) is 0 Å². The Morgan fingerprint density at radius 3 is 2.50 bits per heavy atom. The van der Waals surface area contributed by atoms with E-state index in [0.29, 0.717) is 11.6 Å². The smallest absolute Gasteiger partial charge is 0.790 e. The summed E-state index contributed by atoms with van der Waals surface area (Å²) < 4.78 is 23.7. The third-order valence-corrected chi connectivity index (χ3v) is 5.32. The van der Waals surface area contributed by atoms with Crippen molar-refractivity contribution in [3.8, 4) is 18.1 Å². The molecule has 0 radical (unpaired) electrons. The molecule has 3 rings (SSSR count). The van der Waals surface area contributed by atoms with Crippen molar-refractivity contribution in [2.75, 3.05) is 13.7 Å². The van der Waals surface area contributed by atoms with Crippen LogP contribution >= 0.6 is 7.82 Å². The van der Waals surface area contributed by atoms with Gasteiger partial charge in [0.05, 0.1) is 28.1 Å². The molecule has 0 aliphatic rings. The van der Waals surface area contributed by atoms with Crippen LogP contribution in [-0.4, -0.2) is 37.9 Å². The Kier molecular flexibility index (Phi) is 14.5. The number of phosphoric ester groups is 1. The van der Waals surface area contributed by atoms with E-state index >= 15 is 0 Å². The van der Waals surface area contributed by atoms with E-state index in [2.05, 4.69) is 15.4 Å². The number of phosphoric acid groups is 1. The number of aromatic nitrogens is 4. The first kappa shape index (κ1) is 34.5. The van der Waals surface area contributed by atoms with Crippen molar-refractivity contribution >= 4 is 31.1 Å². The van der Waals surface area contributed by atoms with Crippen LogP contribution in [0.15, 0.2) is 33.9 Å². The Balaban J connectivity index is 0.00000408. The molecule has 0 fully saturated rings. The van der Waals surface area contributed by atoms with Crippen LogP contribution in [0.4, 0.5) is 0 Å². The van der Waals surface area contributed by atoms with Crippen LogP contribution in [0.3, 0.4) is 0 Å². The van der Waals surface area contributed by atoms with Gasteiger partial charge in [-0.2, -0.15) is 0 Å². The van der Waals surface area contributed by atoms with Crippen molar-refractivity contribution in [1.29, 1.82) is 0 Å². The first-order valence-corrected chi connectivity index (χ1v) is 11.2. The Morgan fingerprint density at radius 1 is 1.19 bits per heavy atom. The Morgan fingerprint density at radius 2 is 1.89 bits per heavy atom. The monoisotopic (exact) mass is 536 g/mol. The predicted molar refractivity (Wildman–Crippen MR) is 122 cm³/mol. The van der Waals surface area contributed by atoms with Crippen molar-refractivity contribution in [1.82, 2.24) is 18.7 Å². The molecule has 0 unspecified atom stereocenters. The number of benzene rings is 1. The van der Waals surface area contributed by atoms with Crippen LogP contribution in [0.25, 0.3) is 23.3 Å². The van der Waals surface area contributed by atoms with Crippen molar-refractivity contribution in [3.05, 3.63) is 56.5 Å². The zero-order valence-corrected chi connectivity index (χ0v) is 25.4. The molecule has 0 saturated carbocycles. The van der Waals surface area contributed by atoms with E-state index in [0.717, 1.165) is 10.1 Å². The van der Waals surface area contributed by atoms with Gasteiger partial charge in [-0.25, -0.2) is 14.3 Å². The number of nitrogens with zero attached hydrogens (tertiary/aromatic N) is 4. The molecule has 2 heterocycles. The Hall–Kier alpha value is -1.46. The van der Waals surface area contributed by atoms with Gasteiger partial charge in [-0.1, -0.05) is 24.1 Å². The minimum absolute atomic E-state index is 0. The minimum Gasteiger partial charge on any atom is -0.790 e. The van der Waals surface area contributed by atoms with Crippen LogP contribution < -0.4 is 84.9 Å². The first-order chi connectivity index (χ1) is 15.7. The molecule has 36 heavy (non-hydrogen) atoms. The SMILES string of the molecule is C#CCn1c(=O)c2c(nc(/C=C/c3cccc(OC)c3)n2C)n(CCCOP(=O)([O-])[O-])c1=O.O.[Na+].[Na+]. The second-order valence-corrected chi connectivity index (χ2v) is 8.13. The van der Waals surface area contributed by atoms with Gasteiger partial charge in [-0.15, -0.1) is 6.42 Å². The number of methoxy groups -OCH3 is 1. The van der Waals surface area contributed by atoms with E-state index in [1.54, 1.807) is 32.4 Å². The van der Waals surface area contributed by atoms with Crippen molar-refractivity contribution in [2.24, 2.45) is 7.05 Å². The third kappa shape index (κ3) is 8.28. The molecule has 0 aliphatic heterocycles. The van der Waals surface area contributed by atoms with Crippen molar-refractivity contribution < 1.29 is 88.2 Å². The molecule has 0 spiro atoms. The topological polar surface area (TPSA) is 175 Å². The number of hydrogen-bond donors (Lipinski definition) is 0. The predicted octanol–water partition coefficient (Wildman–Crippen LogP) is -6.87. The number of aryl methyl sites for hydroxylation is 2. The summed E-state index contributed by atoms with van der Waals surface area (Å²) in [7, 11) is -1.94. The number of hydrogen-bond acceptors (Lipinski definition) is 8. The fraction of sp³-hybridized carbons (Fsp3) is 0.286. The van der Waals surface area contributed by atoms with Gasteiger partial charge in [0.2, 0.25) is 0 Å². The van der Waals surface area contributed by atoms with E-state index in [1.165, 1.54) is 9.13 Å². The average molecular weight is 536 g/mol. The molecule has 182 valence electrons. The van der Waals surface area contributed by atoms with Crippen LogP contribution in [0.1, 0.15) is 17.8 Å². The summed E-state index contributed by atoms with van der Waals surface area (Å²) in [5.74, 6) is 3.35. The zero-order valence-electron chi connectivity index (χ0n) is 20.5. The molecule has 1 aromatic carbocycles. The summed E-state index contributed by atoms with van der Waals surface area (Å²) in [5.41, 5.74) is -0.201. The van der Waals surface area contributed by atoms with Crippen LogP contribution in [0, 0.1) is 12.3 Å². The molecule has 2 N–H and O–H groups in total. The van der Waals surface area contributed by atoms with E-state index in [4.69, 9.17) is 11.2 Å². The van der Waals surface area contributed by atoms with Gasteiger partial charge in [-0.3, -0.25) is 9.36 Å². The van der Waals surface area contributed by atoms with Gasteiger partial charge < -0.3 is 33.7 Å².